The second kappa shape index (κ2) is 7.26. The Morgan fingerprint density at radius 1 is 1.36 bits per heavy atom. The molecule has 1 N–H and O–H groups in total. The first-order chi connectivity index (χ1) is 12.0. The zero-order valence-electron chi connectivity index (χ0n) is 14.3. The van der Waals surface area contributed by atoms with Gasteiger partial charge < -0.3 is 15.0 Å². The Morgan fingerprint density at radius 2 is 2.08 bits per heavy atom. The van der Waals surface area contributed by atoms with Gasteiger partial charge in [-0.1, -0.05) is 12.1 Å². The molecule has 25 heavy (non-hydrogen) atoms. The van der Waals surface area contributed by atoms with Gasteiger partial charge >= 0.3 is 0 Å². The zero-order chi connectivity index (χ0) is 17.9. The number of rotatable bonds is 6. The number of nitrogens with zero attached hydrogens (tertiary/aromatic N) is 4. The largest absolute Gasteiger partial charge is 0.497 e. The molecule has 0 amide bonds. The van der Waals surface area contributed by atoms with Crippen molar-refractivity contribution in [3.63, 3.8) is 0 Å². The second-order valence-corrected chi connectivity index (χ2v) is 6.66. The molecule has 0 unspecified atom stereocenters. The molecule has 0 radical (unpaired) electrons. The average Bonchev–Trinajstić information content (AvgIpc) is 2.59. The molecule has 1 aromatic carbocycles. The molecule has 3 rings (SSSR count). The Kier molecular flexibility index (Phi) is 5.07. The number of anilines is 1. The van der Waals surface area contributed by atoms with Crippen LogP contribution in [0.15, 0.2) is 30.5 Å². The molecule has 1 aliphatic rings. The fourth-order valence-corrected chi connectivity index (χ4v) is 3.17. The minimum absolute atomic E-state index is 0.238. The summed E-state index contributed by atoms with van der Waals surface area (Å²) in [5.41, 5.74) is 1.89. The maximum absolute atomic E-state index is 9.22. The van der Waals surface area contributed by atoms with Gasteiger partial charge in [0, 0.05) is 31.4 Å². The maximum Gasteiger partial charge on any atom is 0.224 e. The number of benzene rings is 1. The Labute approximate surface area is 152 Å². The molecule has 1 aromatic heterocycles. The highest BCUT2D eigenvalue weighted by Crippen LogP contribution is 2.31. The smallest absolute Gasteiger partial charge is 0.224 e. The molecule has 0 atom stereocenters. The normalized spacial score (nSPS) is 15.4. The molecule has 2 heterocycles. The summed E-state index contributed by atoms with van der Waals surface area (Å²) in [6.07, 6.45) is 2.16. The van der Waals surface area contributed by atoms with Crippen molar-refractivity contribution in [3.8, 4) is 11.8 Å². The van der Waals surface area contributed by atoms with Crippen LogP contribution in [0, 0.1) is 18.3 Å². The van der Waals surface area contributed by atoms with Crippen LogP contribution in [0.2, 0.25) is 5.28 Å². The molecule has 130 valence electrons. The molecule has 7 heteroatoms. The number of nitriles is 1. The summed E-state index contributed by atoms with van der Waals surface area (Å²) in [5, 5.41) is 13.0. The van der Waals surface area contributed by atoms with Gasteiger partial charge in [0.1, 0.15) is 11.6 Å². The quantitative estimate of drug-likeness (QED) is 0.801. The molecule has 6 nitrogen and oxygen atoms in total. The third kappa shape index (κ3) is 3.84. The van der Waals surface area contributed by atoms with Crippen LogP contribution in [-0.4, -0.2) is 35.7 Å². The van der Waals surface area contributed by atoms with E-state index >= 15 is 0 Å². The van der Waals surface area contributed by atoms with Gasteiger partial charge in [-0.3, -0.25) is 0 Å². The summed E-state index contributed by atoms with van der Waals surface area (Å²) in [7, 11) is 1.65. The fraction of sp³-hybridized carbons (Fsp3) is 0.389. The van der Waals surface area contributed by atoms with Crippen molar-refractivity contribution >= 4 is 17.4 Å². The first-order valence-corrected chi connectivity index (χ1v) is 8.42. The molecule has 1 saturated heterocycles. The first kappa shape index (κ1) is 17.5. The Balaban J connectivity index is 1.66. The summed E-state index contributed by atoms with van der Waals surface area (Å²) >= 11 is 5.91. The number of nitrogens with one attached hydrogen (secondary N) is 1. The summed E-state index contributed by atoms with van der Waals surface area (Å²) in [5.74, 6) is 1.67. The summed E-state index contributed by atoms with van der Waals surface area (Å²) in [6, 6.07) is 10.2. The van der Waals surface area contributed by atoms with Gasteiger partial charge in [-0.05, 0) is 36.2 Å². The lowest BCUT2D eigenvalue weighted by molar-refractivity contribution is 0.256. The minimum Gasteiger partial charge on any atom is -0.497 e. The van der Waals surface area contributed by atoms with E-state index in [0.717, 1.165) is 22.7 Å². The highest BCUT2D eigenvalue weighted by Gasteiger charge is 2.43. The topological polar surface area (TPSA) is 74.1 Å². The van der Waals surface area contributed by atoms with E-state index in [1.165, 1.54) is 0 Å². The third-order valence-electron chi connectivity index (χ3n) is 4.45. The van der Waals surface area contributed by atoms with Crippen LogP contribution in [0.3, 0.4) is 0 Å². The molecular formula is C18H20ClN5O. The number of aromatic nitrogens is 2. The molecule has 0 aliphatic carbocycles. The van der Waals surface area contributed by atoms with Gasteiger partial charge in [-0.2, -0.15) is 5.26 Å². The fourth-order valence-electron chi connectivity index (χ4n) is 3.04. The lowest BCUT2D eigenvalue weighted by Gasteiger charge is -2.50. The monoisotopic (exact) mass is 357 g/mol. The van der Waals surface area contributed by atoms with Crippen LogP contribution >= 0.6 is 11.6 Å². The van der Waals surface area contributed by atoms with E-state index in [2.05, 4.69) is 26.3 Å². The lowest BCUT2D eigenvalue weighted by Crippen LogP contribution is -2.69. The zero-order valence-corrected chi connectivity index (χ0v) is 15.0. The van der Waals surface area contributed by atoms with E-state index in [-0.39, 0.29) is 10.8 Å². The highest BCUT2D eigenvalue weighted by atomic mass is 35.5. The molecular weight excluding hydrogens is 338 g/mol. The van der Waals surface area contributed by atoms with Gasteiger partial charge in [0.15, 0.2) is 0 Å². The molecule has 1 aliphatic heterocycles. The number of hydrogen-bond donors (Lipinski definition) is 1. The van der Waals surface area contributed by atoms with E-state index in [1.807, 2.05) is 31.2 Å². The van der Waals surface area contributed by atoms with E-state index in [1.54, 1.807) is 13.3 Å². The number of ether oxygens (including phenoxy) is 1. The Bertz CT molecular complexity index is 781. The van der Waals surface area contributed by atoms with Gasteiger partial charge in [0.25, 0.3) is 0 Å². The summed E-state index contributed by atoms with van der Waals surface area (Å²) in [4.78, 5) is 10.4. The van der Waals surface area contributed by atoms with E-state index in [4.69, 9.17) is 16.3 Å². The van der Waals surface area contributed by atoms with Crippen LogP contribution in [0.4, 0.5) is 5.82 Å². The van der Waals surface area contributed by atoms with Crippen LogP contribution < -0.4 is 15.0 Å². The van der Waals surface area contributed by atoms with Crippen molar-refractivity contribution in [2.75, 3.05) is 25.1 Å². The SMILES string of the molecule is COc1ccc(CNC2(CC#N)CN(c3nc(Cl)ncc3C)C2)cc1. The maximum atomic E-state index is 9.22. The van der Waals surface area contributed by atoms with Gasteiger partial charge in [0.05, 0.1) is 25.1 Å². The van der Waals surface area contributed by atoms with Crippen LogP contribution in [-0.2, 0) is 6.54 Å². The number of halogens is 1. The number of methoxy groups -OCH3 is 1. The molecule has 0 saturated carbocycles. The highest BCUT2D eigenvalue weighted by molar-refractivity contribution is 6.28. The Morgan fingerprint density at radius 3 is 2.72 bits per heavy atom. The average molecular weight is 358 g/mol. The van der Waals surface area contributed by atoms with E-state index < -0.39 is 0 Å². The number of aryl methyl sites for hydroxylation is 1. The lowest BCUT2D eigenvalue weighted by atomic mass is 9.86. The van der Waals surface area contributed by atoms with Crippen molar-refractivity contribution in [3.05, 3.63) is 46.9 Å². The second-order valence-electron chi connectivity index (χ2n) is 6.32. The van der Waals surface area contributed by atoms with Crippen LogP contribution in [0.1, 0.15) is 17.5 Å². The summed E-state index contributed by atoms with van der Waals surface area (Å²) in [6.45, 7) is 4.08. The minimum atomic E-state index is -0.238. The number of hydrogen-bond acceptors (Lipinski definition) is 6. The van der Waals surface area contributed by atoms with Crippen LogP contribution in [0.5, 0.6) is 5.75 Å². The molecule has 1 fully saturated rings. The van der Waals surface area contributed by atoms with Gasteiger partial charge in [-0.15, -0.1) is 0 Å². The summed E-state index contributed by atoms with van der Waals surface area (Å²) < 4.78 is 5.18. The van der Waals surface area contributed by atoms with Crippen LogP contribution in [0.25, 0.3) is 0 Å². The molecule has 2 aromatic rings. The van der Waals surface area contributed by atoms with Gasteiger partial charge in [-0.25, -0.2) is 9.97 Å². The predicted molar refractivity (Wildman–Crippen MR) is 96.8 cm³/mol. The Hall–Kier alpha value is -2.36. The van der Waals surface area contributed by atoms with Crippen molar-refractivity contribution < 1.29 is 4.74 Å². The van der Waals surface area contributed by atoms with Crippen molar-refractivity contribution in [2.45, 2.75) is 25.4 Å². The third-order valence-corrected chi connectivity index (χ3v) is 4.63. The van der Waals surface area contributed by atoms with Crippen molar-refractivity contribution in [2.24, 2.45) is 0 Å². The predicted octanol–water partition coefficient (Wildman–Crippen LogP) is 2.71. The van der Waals surface area contributed by atoms with Gasteiger partial charge in [0.2, 0.25) is 5.28 Å². The van der Waals surface area contributed by atoms with E-state index in [9.17, 15) is 5.26 Å². The van der Waals surface area contributed by atoms with Crippen molar-refractivity contribution in [1.29, 1.82) is 5.26 Å². The molecule has 0 spiro atoms. The standard InChI is InChI=1S/C18H20ClN5O/c1-13-9-21-17(19)23-16(13)24-11-18(12-24,7-8-20)22-10-14-3-5-15(25-2)6-4-14/h3-6,9,22H,7,10-12H2,1-2H3. The molecule has 0 bridgehead atoms. The first-order valence-electron chi connectivity index (χ1n) is 8.04. The van der Waals surface area contributed by atoms with E-state index in [0.29, 0.717) is 26.1 Å². The van der Waals surface area contributed by atoms with Crippen molar-refractivity contribution in [1.82, 2.24) is 15.3 Å².